The Bertz CT molecular complexity index is 574. The van der Waals surface area contributed by atoms with Crippen LogP contribution >= 0.6 is 11.3 Å². The van der Waals surface area contributed by atoms with Crippen molar-refractivity contribution < 1.29 is 9.90 Å². The maximum Gasteiger partial charge on any atom is 0.263 e. The van der Waals surface area contributed by atoms with E-state index in [4.69, 9.17) is 0 Å². The molecule has 1 N–H and O–H groups in total. The molecule has 100 valence electrons. The molecule has 1 fully saturated rings. The fourth-order valence-corrected chi connectivity index (χ4v) is 3.59. The molecule has 4 heteroatoms. The van der Waals surface area contributed by atoms with Gasteiger partial charge in [0.15, 0.2) is 0 Å². The normalized spacial score (nSPS) is 23.8. The molecular formula is C15H17NO2S. The van der Waals surface area contributed by atoms with Crippen LogP contribution in [0.2, 0.25) is 0 Å². The molecule has 2 aromatic rings. The van der Waals surface area contributed by atoms with Gasteiger partial charge in [-0.25, -0.2) is 0 Å². The largest absolute Gasteiger partial charge is 0.393 e. The summed E-state index contributed by atoms with van der Waals surface area (Å²) in [6, 6.07) is 10.0. The SMILES string of the molecule is CC1CN(C(=O)c2cc3ccccc3s2)CCC1O. The van der Waals surface area contributed by atoms with Crippen molar-refractivity contribution in [2.24, 2.45) is 5.92 Å². The second kappa shape index (κ2) is 4.94. The Labute approximate surface area is 116 Å². The predicted octanol–water partition coefficient (Wildman–Crippen LogP) is 2.74. The third-order valence-corrected chi connectivity index (χ3v) is 4.89. The van der Waals surface area contributed by atoms with Crippen LogP contribution in [0.1, 0.15) is 23.0 Å². The summed E-state index contributed by atoms with van der Waals surface area (Å²) in [5, 5.41) is 10.9. The highest BCUT2D eigenvalue weighted by Crippen LogP contribution is 2.27. The minimum Gasteiger partial charge on any atom is -0.393 e. The third-order valence-electron chi connectivity index (χ3n) is 3.78. The van der Waals surface area contributed by atoms with Crippen molar-refractivity contribution in [1.29, 1.82) is 0 Å². The lowest BCUT2D eigenvalue weighted by Gasteiger charge is -2.34. The van der Waals surface area contributed by atoms with Gasteiger partial charge in [0.05, 0.1) is 11.0 Å². The molecule has 3 rings (SSSR count). The fourth-order valence-electron chi connectivity index (χ4n) is 2.56. The van der Waals surface area contributed by atoms with Crippen molar-refractivity contribution in [3.8, 4) is 0 Å². The molecule has 1 aliphatic heterocycles. The van der Waals surface area contributed by atoms with Crippen LogP contribution in [0, 0.1) is 5.92 Å². The van der Waals surface area contributed by atoms with Crippen molar-refractivity contribution in [3.05, 3.63) is 35.2 Å². The van der Waals surface area contributed by atoms with Crippen molar-refractivity contribution >= 4 is 27.3 Å². The van der Waals surface area contributed by atoms with Crippen LogP contribution < -0.4 is 0 Å². The summed E-state index contributed by atoms with van der Waals surface area (Å²) in [6.45, 7) is 3.29. The number of likely N-dealkylation sites (tertiary alicyclic amines) is 1. The molecule has 0 bridgehead atoms. The summed E-state index contributed by atoms with van der Waals surface area (Å²) in [5.41, 5.74) is 0. The molecule has 0 radical (unpaired) electrons. The number of carbonyl (C=O) groups excluding carboxylic acids is 1. The number of carbonyl (C=O) groups is 1. The van der Waals surface area contributed by atoms with Gasteiger partial charge >= 0.3 is 0 Å². The molecule has 1 aromatic carbocycles. The summed E-state index contributed by atoms with van der Waals surface area (Å²) in [7, 11) is 0. The summed E-state index contributed by atoms with van der Waals surface area (Å²) >= 11 is 1.55. The zero-order valence-electron chi connectivity index (χ0n) is 10.9. The van der Waals surface area contributed by atoms with Gasteiger partial charge in [-0.15, -0.1) is 11.3 Å². The van der Waals surface area contributed by atoms with Crippen molar-refractivity contribution in [3.63, 3.8) is 0 Å². The zero-order valence-corrected chi connectivity index (χ0v) is 11.7. The van der Waals surface area contributed by atoms with E-state index in [1.54, 1.807) is 11.3 Å². The van der Waals surface area contributed by atoms with Gasteiger partial charge in [-0.05, 0) is 29.9 Å². The number of nitrogens with zero attached hydrogens (tertiary/aromatic N) is 1. The summed E-state index contributed by atoms with van der Waals surface area (Å²) < 4.78 is 1.15. The summed E-state index contributed by atoms with van der Waals surface area (Å²) in [4.78, 5) is 15.1. The van der Waals surface area contributed by atoms with Crippen LogP contribution in [-0.2, 0) is 0 Å². The summed E-state index contributed by atoms with van der Waals surface area (Å²) in [6.07, 6.45) is 0.407. The first-order valence-electron chi connectivity index (χ1n) is 6.61. The average molecular weight is 275 g/mol. The van der Waals surface area contributed by atoms with Crippen molar-refractivity contribution in [2.45, 2.75) is 19.4 Å². The molecule has 1 aromatic heterocycles. The molecule has 2 atom stereocenters. The Morgan fingerprint density at radius 3 is 2.95 bits per heavy atom. The Kier molecular flexibility index (Phi) is 3.29. The second-order valence-electron chi connectivity index (χ2n) is 5.23. The quantitative estimate of drug-likeness (QED) is 0.869. The van der Waals surface area contributed by atoms with Gasteiger partial charge in [0.1, 0.15) is 0 Å². The lowest BCUT2D eigenvalue weighted by atomic mass is 9.97. The van der Waals surface area contributed by atoms with Gasteiger partial charge in [-0.2, -0.15) is 0 Å². The molecule has 0 spiro atoms. The number of benzene rings is 1. The fraction of sp³-hybridized carbons (Fsp3) is 0.400. The number of hydrogen-bond acceptors (Lipinski definition) is 3. The van der Waals surface area contributed by atoms with Crippen molar-refractivity contribution in [1.82, 2.24) is 4.90 Å². The molecule has 0 aliphatic carbocycles. The average Bonchev–Trinajstić information content (AvgIpc) is 2.85. The highest BCUT2D eigenvalue weighted by atomic mass is 32.1. The van der Waals surface area contributed by atoms with Crippen LogP contribution in [0.3, 0.4) is 0 Å². The van der Waals surface area contributed by atoms with Crippen LogP contribution in [0.25, 0.3) is 10.1 Å². The number of aliphatic hydroxyl groups is 1. The number of fused-ring (bicyclic) bond motifs is 1. The molecule has 19 heavy (non-hydrogen) atoms. The lowest BCUT2D eigenvalue weighted by Crippen LogP contribution is -2.44. The number of aliphatic hydroxyl groups excluding tert-OH is 1. The molecule has 2 unspecified atom stereocenters. The van der Waals surface area contributed by atoms with E-state index >= 15 is 0 Å². The topological polar surface area (TPSA) is 40.5 Å². The number of piperidine rings is 1. The van der Waals surface area contributed by atoms with Crippen molar-refractivity contribution in [2.75, 3.05) is 13.1 Å². The van der Waals surface area contributed by atoms with Gasteiger partial charge in [0.25, 0.3) is 5.91 Å². The van der Waals surface area contributed by atoms with E-state index in [0.717, 1.165) is 15.0 Å². The molecule has 1 aliphatic rings. The van der Waals surface area contributed by atoms with E-state index in [1.165, 1.54) is 0 Å². The monoisotopic (exact) mass is 275 g/mol. The van der Waals surface area contributed by atoms with Crippen LogP contribution in [0.15, 0.2) is 30.3 Å². The Hall–Kier alpha value is -1.39. The summed E-state index contributed by atoms with van der Waals surface area (Å²) in [5.74, 6) is 0.257. The first-order chi connectivity index (χ1) is 9.15. The Morgan fingerprint density at radius 2 is 2.21 bits per heavy atom. The smallest absolute Gasteiger partial charge is 0.263 e. The zero-order chi connectivity index (χ0) is 13.4. The first-order valence-corrected chi connectivity index (χ1v) is 7.43. The molecular weight excluding hydrogens is 258 g/mol. The highest BCUT2D eigenvalue weighted by Gasteiger charge is 2.28. The maximum atomic E-state index is 12.5. The van der Waals surface area contributed by atoms with Gasteiger partial charge < -0.3 is 10.0 Å². The number of amides is 1. The molecule has 0 saturated carbocycles. The van der Waals surface area contributed by atoms with Crippen LogP contribution in [-0.4, -0.2) is 35.1 Å². The molecule has 1 saturated heterocycles. The van der Waals surface area contributed by atoms with Gasteiger partial charge in [0.2, 0.25) is 0 Å². The van der Waals surface area contributed by atoms with Crippen LogP contribution in [0.5, 0.6) is 0 Å². The third kappa shape index (κ3) is 2.38. The Balaban J connectivity index is 1.83. The van der Waals surface area contributed by atoms with E-state index in [1.807, 2.05) is 42.2 Å². The maximum absolute atomic E-state index is 12.5. The van der Waals surface area contributed by atoms with E-state index in [-0.39, 0.29) is 17.9 Å². The first kappa shape index (κ1) is 12.6. The predicted molar refractivity (Wildman–Crippen MR) is 77.5 cm³/mol. The van der Waals surface area contributed by atoms with Gasteiger partial charge in [0, 0.05) is 17.8 Å². The standard InChI is InChI=1S/C15H17NO2S/c1-10-9-16(7-6-12(10)17)15(18)14-8-11-4-2-3-5-13(11)19-14/h2-5,8,10,12,17H,6-7,9H2,1H3. The van der Waals surface area contributed by atoms with E-state index < -0.39 is 0 Å². The minimum absolute atomic E-state index is 0.0972. The van der Waals surface area contributed by atoms with E-state index in [0.29, 0.717) is 19.5 Å². The Morgan fingerprint density at radius 1 is 1.42 bits per heavy atom. The lowest BCUT2D eigenvalue weighted by molar-refractivity contribution is 0.0300. The van der Waals surface area contributed by atoms with Gasteiger partial charge in [-0.3, -0.25) is 4.79 Å². The minimum atomic E-state index is -0.272. The van der Waals surface area contributed by atoms with Gasteiger partial charge in [-0.1, -0.05) is 25.1 Å². The highest BCUT2D eigenvalue weighted by molar-refractivity contribution is 7.20. The van der Waals surface area contributed by atoms with Crippen LogP contribution in [0.4, 0.5) is 0 Å². The molecule has 2 heterocycles. The number of rotatable bonds is 1. The molecule has 3 nitrogen and oxygen atoms in total. The number of hydrogen-bond donors (Lipinski definition) is 1. The van der Waals surface area contributed by atoms with E-state index in [9.17, 15) is 9.90 Å². The second-order valence-corrected chi connectivity index (χ2v) is 6.32. The van der Waals surface area contributed by atoms with E-state index in [2.05, 4.69) is 0 Å². The number of thiophene rings is 1. The molecule has 1 amide bonds.